The van der Waals surface area contributed by atoms with Crippen molar-refractivity contribution in [2.24, 2.45) is 0 Å². The normalized spacial score (nSPS) is 20.8. The third kappa shape index (κ3) is 1.58. The average Bonchev–Trinajstić information content (AvgIpc) is 2.52. The number of nitrogens with zero attached hydrogens (tertiary/aromatic N) is 1. The first-order chi connectivity index (χ1) is 10.6. The lowest BCUT2D eigenvalue weighted by Gasteiger charge is -2.32. The molecule has 0 radical (unpaired) electrons. The highest BCUT2D eigenvalue weighted by molar-refractivity contribution is 5.49. The van der Waals surface area contributed by atoms with Crippen molar-refractivity contribution in [3.63, 3.8) is 0 Å². The molecule has 0 aliphatic heterocycles. The molecule has 2 rings (SSSR count). The third-order valence-electron chi connectivity index (χ3n) is 3.49. The summed E-state index contributed by atoms with van der Waals surface area (Å²) in [7, 11) is 0. The molecule has 134 valence electrons. The van der Waals surface area contributed by atoms with E-state index in [0.29, 0.717) is 0 Å². The second-order valence-corrected chi connectivity index (χ2v) is 4.62. The molecule has 24 heavy (non-hydrogen) atoms. The standard InChI is InChI=1S/C10F11NO2/c11-3-1-2(4(12)6(14)5(3)13)8(17,18)9(22(23)24,7(1,15)16)10(19,20)21. The van der Waals surface area contributed by atoms with Crippen molar-refractivity contribution in [3.8, 4) is 0 Å². The minimum absolute atomic E-state index is 3.12. The van der Waals surface area contributed by atoms with Gasteiger partial charge in [0.05, 0.1) is 11.1 Å². The fraction of sp³-hybridized carbons (Fsp3) is 0.400. The van der Waals surface area contributed by atoms with Gasteiger partial charge in [-0.3, -0.25) is 10.1 Å². The molecule has 1 aliphatic rings. The van der Waals surface area contributed by atoms with E-state index in [4.69, 9.17) is 0 Å². The summed E-state index contributed by atoms with van der Waals surface area (Å²) in [4.78, 5) is 7.38. The summed E-state index contributed by atoms with van der Waals surface area (Å²) in [5, 5.41) is 10.6. The molecule has 0 saturated heterocycles. The maximum atomic E-state index is 13.9. The van der Waals surface area contributed by atoms with Crippen LogP contribution in [0.3, 0.4) is 0 Å². The SMILES string of the molecule is O=[N+]([O-])C1(C(F)(F)F)C(F)(F)c2c(F)c(F)c(F)c(F)c2C1(F)F. The van der Waals surface area contributed by atoms with Gasteiger partial charge in [-0.1, -0.05) is 0 Å². The van der Waals surface area contributed by atoms with Crippen LogP contribution < -0.4 is 0 Å². The summed E-state index contributed by atoms with van der Waals surface area (Å²) >= 11 is 0. The number of nitro groups is 1. The van der Waals surface area contributed by atoms with Crippen LogP contribution in [-0.2, 0) is 11.8 Å². The fourth-order valence-electron chi connectivity index (χ4n) is 2.47. The van der Waals surface area contributed by atoms with Crippen LogP contribution in [0, 0.1) is 33.4 Å². The van der Waals surface area contributed by atoms with Crippen LogP contribution >= 0.6 is 0 Å². The minimum atomic E-state index is -7.06. The van der Waals surface area contributed by atoms with Crippen molar-refractivity contribution in [2.45, 2.75) is 23.6 Å². The van der Waals surface area contributed by atoms with Gasteiger partial charge in [-0.25, -0.2) is 17.6 Å². The Kier molecular flexibility index (Phi) is 3.39. The molecule has 0 N–H and O–H groups in total. The van der Waals surface area contributed by atoms with Gasteiger partial charge in [-0.15, -0.1) is 0 Å². The first kappa shape index (κ1) is 18.2. The highest BCUT2D eigenvalue weighted by Crippen LogP contribution is 2.67. The van der Waals surface area contributed by atoms with Gasteiger partial charge in [0.25, 0.3) is 0 Å². The van der Waals surface area contributed by atoms with Crippen molar-refractivity contribution in [1.82, 2.24) is 0 Å². The molecule has 0 spiro atoms. The molecule has 14 heteroatoms. The van der Waals surface area contributed by atoms with E-state index < -0.39 is 62.9 Å². The molecular formula is C10F11NO2. The summed E-state index contributed by atoms with van der Waals surface area (Å²) < 4.78 is 147. The molecule has 0 fully saturated rings. The number of alkyl halides is 7. The first-order valence-corrected chi connectivity index (χ1v) is 5.42. The smallest absolute Gasteiger partial charge is 0.263 e. The van der Waals surface area contributed by atoms with Gasteiger partial charge >= 0.3 is 23.6 Å². The molecule has 0 heterocycles. The molecular weight excluding hydrogens is 375 g/mol. The molecule has 1 aliphatic carbocycles. The Labute approximate surface area is 122 Å². The Hall–Kier alpha value is -2.15. The van der Waals surface area contributed by atoms with Crippen molar-refractivity contribution >= 4 is 0 Å². The van der Waals surface area contributed by atoms with E-state index in [-0.39, 0.29) is 0 Å². The lowest BCUT2D eigenvalue weighted by atomic mass is 9.88. The van der Waals surface area contributed by atoms with E-state index in [0.717, 1.165) is 0 Å². The van der Waals surface area contributed by atoms with Crippen LogP contribution in [0.2, 0.25) is 0 Å². The van der Waals surface area contributed by atoms with E-state index in [2.05, 4.69) is 0 Å². The van der Waals surface area contributed by atoms with Gasteiger partial charge in [0.2, 0.25) is 0 Å². The van der Waals surface area contributed by atoms with Crippen LogP contribution in [0.1, 0.15) is 11.1 Å². The van der Waals surface area contributed by atoms with Crippen LogP contribution in [0.25, 0.3) is 0 Å². The highest BCUT2D eigenvalue weighted by Gasteiger charge is 2.97. The second-order valence-electron chi connectivity index (χ2n) is 4.62. The van der Waals surface area contributed by atoms with Crippen LogP contribution in [0.5, 0.6) is 0 Å². The summed E-state index contributed by atoms with van der Waals surface area (Å²) in [5.74, 6) is -25.7. The van der Waals surface area contributed by atoms with E-state index in [9.17, 15) is 58.4 Å². The lowest BCUT2D eigenvalue weighted by molar-refractivity contribution is -0.672. The quantitative estimate of drug-likeness (QED) is 0.245. The molecule has 0 amide bonds. The maximum Gasteiger partial charge on any atom is 0.474 e. The Bertz CT molecular complexity index is 707. The van der Waals surface area contributed by atoms with Crippen molar-refractivity contribution in [1.29, 1.82) is 0 Å². The number of fused-ring (bicyclic) bond motifs is 1. The second kappa shape index (κ2) is 4.47. The molecule has 3 nitrogen and oxygen atoms in total. The summed E-state index contributed by atoms with van der Waals surface area (Å²) in [6.07, 6.45) is -7.06. The summed E-state index contributed by atoms with van der Waals surface area (Å²) in [5.41, 5.74) is -13.1. The third-order valence-corrected chi connectivity index (χ3v) is 3.49. The van der Waals surface area contributed by atoms with E-state index >= 15 is 0 Å². The number of benzene rings is 1. The zero-order valence-corrected chi connectivity index (χ0v) is 10.4. The molecule has 0 atom stereocenters. The zero-order chi connectivity index (χ0) is 19.0. The molecule has 0 bridgehead atoms. The van der Waals surface area contributed by atoms with Gasteiger partial charge in [0, 0.05) is 4.92 Å². The van der Waals surface area contributed by atoms with Crippen molar-refractivity contribution in [2.75, 3.05) is 0 Å². The van der Waals surface area contributed by atoms with Crippen molar-refractivity contribution in [3.05, 3.63) is 44.5 Å². The maximum absolute atomic E-state index is 13.9. The Morgan fingerprint density at radius 1 is 0.750 bits per heavy atom. The van der Waals surface area contributed by atoms with Gasteiger partial charge < -0.3 is 0 Å². The number of halogens is 11. The highest BCUT2D eigenvalue weighted by atomic mass is 19.4. The molecule has 1 aromatic carbocycles. The van der Waals surface area contributed by atoms with E-state index in [1.165, 1.54) is 0 Å². The van der Waals surface area contributed by atoms with E-state index in [1.807, 2.05) is 0 Å². The van der Waals surface area contributed by atoms with E-state index in [1.54, 1.807) is 0 Å². The molecule has 0 unspecified atom stereocenters. The van der Waals surface area contributed by atoms with Crippen molar-refractivity contribution < 1.29 is 53.2 Å². The summed E-state index contributed by atoms with van der Waals surface area (Å²) in [6.45, 7) is 0. The Morgan fingerprint density at radius 2 is 1.04 bits per heavy atom. The topological polar surface area (TPSA) is 43.1 Å². The predicted molar refractivity (Wildman–Crippen MR) is 49.8 cm³/mol. The summed E-state index contributed by atoms with van der Waals surface area (Å²) in [6, 6.07) is 0. The number of rotatable bonds is 1. The molecule has 0 aromatic heterocycles. The van der Waals surface area contributed by atoms with Gasteiger partial charge in [0.1, 0.15) is 0 Å². The number of hydrogen-bond donors (Lipinski definition) is 0. The minimum Gasteiger partial charge on any atom is -0.263 e. The van der Waals surface area contributed by atoms with Gasteiger partial charge in [-0.05, 0) is 0 Å². The molecule has 1 aromatic rings. The average molecular weight is 375 g/mol. The Morgan fingerprint density at radius 3 is 1.25 bits per heavy atom. The monoisotopic (exact) mass is 375 g/mol. The van der Waals surface area contributed by atoms with Crippen LogP contribution in [0.15, 0.2) is 0 Å². The van der Waals surface area contributed by atoms with Gasteiger partial charge in [0.15, 0.2) is 23.3 Å². The Balaban J connectivity index is 3.16. The number of hydrogen-bond acceptors (Lipinski definition) is 2. The first-order valence-electron chi connectivity index (χ1n) is 5.42. The fourth-order valence-corrected chi connectivity index (χ4v) is 2.47. The lowest BCUT2D eigenvalue weighted by Crippen LogP contribution is -2.67. The largest absolute Gasteiger partial charge is 0.474 e. The van der Waals surface area contributed by atoms with Crippen LogP contribution in [0.4, 0.5) is 48.3 Å². The predicted octanol–water partition coefficient (Wildman–Crippen LogP) is 4.02. The zero-order valence-electron chi connectivity index (χ0n) is 10.4. The van der Waals surface area contributed by atoms with Crippen LogP contribution in [-0.4, -0.2) is 16.6 Å². The molecule has 0 saturated carbocycles. The van der Waals surface area contributed by atoms with Gasteiger partial charge in [-0.2, -0.15) is 30.7 Å².